The summed E-state index contributed by atoms with van der Waals surface area (Å²) in [6.45, 7) is 5.72. The third kappa shape index (κ3) is 84.6. The maximum atomic E-state index is 5.06. The maximum absolute atomic E-state index is 5.06. The van der Waals surface area contributed by atoms with Gasteiger partial charge in [0.05, 0.1) is 0 Å². The van der Waals surface area contributed by atoms with Crippen LogP contribution in [0.1, 0.15) is 19.8 Å². The van der Waals surface area contributed by atoms with Gasteiger partial charge in [-0.25, -0.2) is 0 Å². The Kier molecular flexibility index (Phi) is 8.48. The van der Waals surface area contributed by atoms with Gasteiger partial charge in [0.25, 0.3) is 0 Å². The minimum atomic E-state index is -4.44. The van der Waals surface area contributed by atoms with Crippen molar-refractivity contribution in [3.05, 3.63) is 6.92 Å². The molecule has 0 saturated carbocycles. The molecule has 0 bridgehead atoms. The fourth-order valence-corrected chi connectivity index (χ4v) is 0. The van der Waals surface area contributed by atoms with Crippen LogP contribution in [-0.2, 0) is 10.4 Å². The summed E-state index contributed by atoms with van der Waals surface area (Å²) in [4.78, 5) is 0. The molecule has 66 valence electrons. The van der Waals surface area contributed by atoms with Gasteiger partial charge in [0.1, 0.15) is 0 Å². The van der Waals surface area contributed by atoms with E-state index < -0.39 is 10.4 Å². The van der Waals surface area contributed by atoms with Crippen LogP contribution in [0.25, 0.3) is 0 Å². The zero-order valence-corrected chi connectivity index (χ0v) is 12.5. The summed E-state index contributed by atoms with van der Waals surface area (Å²) in [6.07, 6.45) is 2.28. The molecular formula is C4H9Cl5Ta-. The first kappa shape index (κ1) is 14.7. The molecule has 0 saturated heterocycles. The van der Waals surface area contributed by atoms with Crippen molar-refractivity contribution in [2.24, 2.45) is 0 Å². The summed E-state index contributed by atoms with van der Waals surface area (Å²) in [5.74, 6) is 0. The molecule has 0 heterocycles. The van der Waals surface area contributed by atoms with Gasteiger partial charge >= 0.3 is 56.4 Å². The number of hydrogen-bond donors (Lipinski definition) is 0. The standard InChI is InChI=1S/C4H9.5ClH.Ta/c1-3-4-2;;;;;;/h1,3-4H2,2H3;5*1H;/q-1;;;;;;+5/p-5. The van der Waals surface area contributed by atoms with Crippen LogP contribution in [0, 0.1) is 6.92 Å². The second-order valence-corrected chi connectivity index (χ2v) is 47.9. The molecule has 0 aliphatic carbocycles. The van der Waals surface area contributed by atoms with Crippen LogP contribution >= 0.6 is 45.9 Å². The minimum absolute atomic E-state index is 1.07. The van der Waals surface area contributed by atoms with Gasteiger partial charge in [0, 0.05) is 0 Å². The molecule has 0 unspecified atom stereocenters. The number of hydrogen-bond acceptors (Lipinski definition) is 0. The predicted molar refractivity (Wildman–Crippen MR) is 49.5 cm³/mol. The van der Waals surface area contributed by atoms with E-state index in [4.69, 9.17) is 45.9 Å². The van der Waals surface area contributed by atoms with Gasteiger partial charge in [-0.2, -0.15) is 6.42 Å². The van der Waals surface area contributed by atoms with Crippen molar-refractivity contribution in [1.29, 1.82) is 0 Å². The molecule has 0 N–H and O–H groups in total. The molecule has 0 aromatic heterocycles. The molecule has 0 atom stereocenters. The average molecular weight is 415 g/mol. The van der Waals surface area contributed by atoms with Crippen LogP contribution in [0.5, 0.6) is 0 Å². The second kappa shape index (κ2) is 5.77. The van der Waals surface area contributed by atoms with Crippen molar-refractivity contribution in [3.8, 4) is 0 Å². The molecule has 0 rings (SSSR count). The van der Waals surface area contributed by atoms with Crippen molar-refractivity contribution in [2.75, 3.05) is 0 Å². The average Bonchev–Trinajstić information content (AvgIpc) is 1.59. The van der Waals surface area contributed by atoms with Crippen molar-refractivity contribution >= 4 is 45.9 Å². The first-order chi connectivity index (χ1) is 4.15. The fraction of sp³-hybridized carbons (Fsp3) is 0.750. The Bertz CT molecular complexity index is 64.4. The number of unbranched alkanes of at least 4 members (excludes halogenated alkanes) is 1. The van der Waals surface area contributed by atoms with E-state index in [-0.39, 0.29) is 0 Å². The van der Waals surface area contributed by atoms with Crippen molar-refractivity contribution in [3.63, 3.8) is 0 Å². The molecule has 0 radical (unpaired) electrons. The van der Waals surface area contributed by atoms with Crippen LogP contribution in [0.2, 0.25) is 0 Å². The molecule has 6 heteroatoms. The molecule has 0 fully saturated rings. The zero-order valence-electron chi connectivity index (χ0n) is 5.46. The first-order valence-corrected chi connectivity index (χ1v) is 22.5. The van der Waals surface area contributed by atoms with E-state index in [0.717, 1.165) is 6.42 Å². The second-order valence-electron chi connectivity index (χ2n) is 1.49. The predicted octanol–water partition coefficient (Wildman–Crippen LogP) is 5.07. The topological polar surface area (TPSA) is 0 Å². The Morgan fingerprint density at radius 2 is 1.20 bits per heavy atom. The van der Waals surface area contributed by atoms with Crippen LogP contribution < -0.4 is 0 Å². The summed E-state index contributed by atoms with van der Waals surface area (Å²) in [5, 5.41) is 0. The third-order valence-corrected chi connectivity index (χ3v) is 0.354. The molecule has 0 aromatic carbocycles. The first-order valence-electron chi connectivity index (χ1n) is 2.55. The van der Waals surface area contributed by atoms with Crippen LogP contribution in [0.3, 0.4) is 0 Å². The molecule has 0 aliphatic rings. The Balaban J connectivity index is 0. The fourth-order valence-electron chi connectivity index (χ4n) is 0. The summed E-state index contributed by atoms with van der Waals surface area (Å²) in [7, 11) is 20.9. The Morgan fingerprint density at radius 1 is 1.10 bits per heavy atom. The van der Waals surface area contributed by atoms with Gasteiger partial charge in [0.2, 0.25) is 0 Å². The van der Waals surface area contributed by atoms with E-state index in [1.165, 1.54) is 6.42 Å². The molecule has 0 nitrogen and oxygen atoms in total. The number of rotatable bonds is 1. The quantitative estimate of drug-likeness (QED) is 0.525. The van der Waals surface area contributed by atoms with Gasteiger partial charge in [0.15, 0.2) is 0 Å². The Labute approximate surface area is 82.2 Å². The van der Waals surface area contributed by atoms with Gasteiger partial charge in [-0.1, -0.05) is 13.3 Å². The molecule has 10 heavy (non-hydrogen) atoms. The summed E-state index contributed by atoms with van der Waals surface area (Å²) in [6, 6.07) is 0. The normalized spacial score (nSPS) is 14.5. The SMILES string of the molecule is [CH2-]CCC.[Cl][Ta]([Cl])([Cl])([Cl])[Cl]. The van der Waals surface area contributed by atoms with Gasteiger partial charge in [-0.15, -0.1) is 0 Å². The zero-order chi connectivity index (χ0) is 8.86. The third-order valence-electron chi connectivity index (χ3n) is 0.354. The van der Waals surface area contributed by atoms with Crippen molar-refractivity contribution in [2.45, 2.75) is 19.8 Å². The van der Waals surface area contributed by atoms with E-state index in [2.05, 4.69) is 13.8 Å². The monoisotopic (exact) mass is 413 g/mol. The van der Waals surface area contributed by atoms with E-state index in [1.807, 2.05) is 0 Å². The molecular weight excluding hydrogens is 406 g/mol. The van der Waals surface area contributed by atoms with E-state index in [0.29, 0.717) is 0 Å². The van der Waals surface area contributed by atoms with Gasteiger partial charge < -0.3 is 6.92 Å². The molecule has 0 aliphatic heterocycles. The van der Waals surface area contributed by atoms with E-state index in [9.17, 15) is 0 Å². The summed E-state index contributed by atoms with van der Waals surface area (Å²) in [5.41, 5.74) is 0. The van der Waals surface area contributed by atoms with Crippen LogP contribution in [0.4, 0.5) is 0 Å². The van der Waals surface area contributed by atoms with E-state index >= 15 is 0 Å². The molecule has 0 spiro atoms. The van der Waals surface area contributed by atoms with Crippen LogP contribution in [0.15, 0.2) is 0 Å². The molecule has 0 aromatic rings. The van der Waals surface area contributed by atoms with Crippen molar-refractivity contribution < 1.29 is 10.4 Å². The molecule has 0 amide bonds. The Hall–Kier alpha value is 2.19. The summed E-state index contributed by atoms with van der Waals surface area (Å²) >= 11 is 0. The van der Waals surface area contributed by atoms with Gasteiger partial charge in [-0.3, -0.25) is 0 Å². The van der Waals surface area contributed by atoms with Gasteiger partial charge in [-0.05, 0) is 0 Å². The number of halogens is 5. The summed E-state index contributed by atoms with van der Waals surface area (Å²) < 4.78 is 0. The van der Waals surface area contributed by atoms with Crippen LogP contribution in [-0.4, -0.2) is 0 Å². The van der Waals surface area contributed by atoms with Crippen molar-refractivity contribution in [1.82, 2.24) is 0 Å². The van der Waals surface area contributed by atoms with E-state index in [1.54, 1.807) is 0 Å². The Morgan fingerprint density at radius 3 is 1.20 bits per heavy atom.